The Morgan fingerprint density at radius 3 is 2.63 bits per heavy atom. The molecule has 1 heterocycles. The Morgan fingerprint density at radius 2 is 2.03 bits per heavy atom. The average molecular weight is 436 g/mol. The van der Waals surface area contributed by atoms with Crippen LogP contribution in [0.1, 0.15) is 38.7 Å². The maximum atomic E-state index is 15.0. The molecule has 0 spiro atoms. The molecule has 0 bridgehead atoms. The number of rotatable bonds is 4. The Labute approximate surface area is 179 Å². The molecule has 0 saturated carbocycles. The Hall–Kier alpha value is -2.67. The molecule has 0 radical (unpaired) electrons. The molecule has 1 aromatic carbocycles. The number of Topliss-reactive ketones (excluding diaryl/α,β-unsaturated/α-hetero) is 1. The summed E-state index contributed by atoms with van der Waals surface area (Å²) in [7, 11) is 1.21. The summed E-state index contributed by atoms with van der Waals surface area (Å²) in [5.74, 6) is -4.99. The number of dihydropyridines is 1. The molecule has 6 nitrogen and oxygen atoms in total. The normalized spacial score (nSPS) is 23.7. The average Bonchev–Trinajstić information content (AvgIpc) is 2.67. The van der Waals surface area contributed by atoms with E-state index >= 15 is 0 Å². The molecule has 8 heteroatoms. The molecule has 0 saturated heterocycles. The number of ether oxygens (including phenoxy) is 2. The Bertz CT molecular complexity index is 963. The van der Waals surface area contributed by atoms with Crippen LogP contribution in [0.25, 0.3) is 0 Å². The molecule has 1 aromatic rings. The van der Waals surface area contributed by atoms with Gasteiger partial charge in [0.1, 0.15) is 11.7 Å². The van der Waals surface area contributed by atoms with Crippen LogP contribution >= 0.6 is 11.6 Å². The molecule has 3 atom stereocenters. The molecular weight excluding hydrogens is 413 g/mol. The van der Waals surface area contributed by atoms with E-state index in [1.165, 1.54) is 25.3 Å². The van der Waals surface area contributed by atoms with E-state index in [1.54, 1.807) is 20.8 Å². The minimum atomic E-state index is -1.10. The smallest absolute Gasteiger partial charge is 0.336 e. The van der Waals surface area contributed by atoms with Crippen molar-refractivity contribution >= 4 is 29.3 Å². The fraction of sp³-hybridized carbons (Fsp3) is 0.409. The first kappa shape index (κ1) is 22.0. The van der Waals surface area contributed by atoms with Gasteiger partial charge in [0.2, 0.25) is 0 Å². The van der Waals surface area contributed by atoms with E-state index in [0.717, 1.165) is 0 Å². The summed E-state index contributed by atoms with van der Waals surface area (Å²) in [4.78, 5) is 38.6. The minimum Gasteiger partial charge on any atom is -0.468 e. The SMILES string of the molecule is CCOC(=O)C1=C(C)NC2=C(C(=O)[C@@H](C(=O)OC)[C@H](C)C2)[C@@H]1c1c(F)cccc1Cl. The first-order valence-electron chi connectivity index (χ1n) is 9.66. The minimum absolute atomic E-state index is 0.00193. The van der Waals surface area contributed by atoms with Crippen molar-refractivity contribution in [1.82, 2.24) is 5.32 Å². The Balaban J connectivity index is 2.26. The lowest BCUT2D eigenvalue weighted by Crippen LogP contribution is -2.43. The maximum Gasteiger partial charge on any atom is 0.336 e. The zero-order valence-corrected chi connectivity index (χ0v) is 17.9. The van der Waals surface area contributed by atoms with Gasteiger partial charge < -0.3 is 14.8 Å². The predicted octanol–water partition coefficient (Wildman–Crippen LogP) is 3.66. The molecule has 0 aromatic heterocycles. The van der Waals surface area contributed by atoms with Gasteiger partial charge in [-0.1, -0.05) is 24.6 Å². The maximum absolute atomic E-state index is 15.0. The molecule has 3 rings (SSSR count). The molecule has 160 valence electrons. The van der Waals surface area contributed by atoms with Gasteiger partial charge in [0.15, 0.2) is 5.78 Å². The van der Waals surface area contributed by atoms with Crippen LogP contribution in [0.5, 0.6) is 0 Å². The molecule has 0 fully saturated rings. The first-order chi connectivity index (χ1) is 14.2. The van der Waals surface area contributed by atoms with Crippen molar-refractivity contribution < 1.29 is 28.2 Å². The number of carbonyl (C=O) groups is 3. The molecule has 30 heavy (non-hydrogen) atoms. The highest BCUT2D eigenvalue weighted by atomic mass is 35.5. The quantitative estimate of drug-likeness (QED) is 0.574. The van der Waals surface area contributed by atoms with Gasteiger partial charge in [-0.05, 0) is 38.3 Å². The van der Waals surface area contributed by atoms with Gasteiger partial charge in [-0.2, -0.15) is 0 Å². The van der Waals surface area contributed by atoms with E-state index in [2.05, 4.69) is 5.32 Å². The standard InChI is InChI=1S/C22H23ClFNO5/c1-5-30-22(28)16-11(3)25-14-9-10(2)15(21(27)29-4)20(26)18(14)19(16)17-12(23)7-6-8-13(17)24/h6-8,10,15,19,25H,5,9H2,1-4H3/t10-,15+,19+/m1/s1. The monoisotopic (exact) mass is 435 g/mol. The molecule has 2 aliphatic rings. The molecular formula is C22H23ClFNO5. The highest BCUT2D eigenvalue weighted by Crippen LogP contribution is 2.47. The number of hydrogen-bond donors (Lipinski definition) is 1. The Morgan fingerprint density at radius 1 is 1.33 bits per heavy atom. The molecule has 1 aliphatic heterocycles. The highest BCUT2D eigenvalue weighted by molar-refractivity contribution is 6.31. The van der Waals surface area contributed by atoms with Gasteiger partial charge in [-0.25, -0.2) is 9.18 Å². The van der Waals surface area contributed by atoms with Crippen molar-refractivity contribution in [3.8, 4) is 0 Å². The zero-order chi connectivity index (χ0) is 22.2. The van der Waals surface area contributed by atoms with Crippen LogP contribution in [0.2, 0.25) is 5.02 Å². The van der Waals surface area contributed by atoms with E-state index in [-0.39, 0.29) is 34.3 Å². The summed E-state index contributed by atoms with van der Waals surface area (Å²) in [6.07, 6.45) is 0.358. The topological polar surface area (TPSA) is 81.7 Å². The zero-order valence-electron chi connectivity index (χ0n) is 17.2. The first-order valence-corrected chi connectivity index (χ1v) is 10.0. The fourth-order valence-electron chi connectivity index (χ4n) is 4.24. The van der Waals surface area contributed by atoms with E-state index in [4.69, 9.17) is 21.1 Å². The third-order valence-corrected chi connectivity index (χ3v) is 5.86. The second kappa shape index (κ2) is 8.60. The number of ketones is 1. The van der Waals surface area contributed by atoms with Crippen molar-refractivity contribution in [3.63, 3.8) is 0 Å². The fourth-order valence-corrected chi connectivity index (χ4v) is 4.51. The third-order valence-electron chi connectivity index (χ3n) is 5.53. The summed E-state index contributed by atoms with van der Waals surface area (Å²) < 4.78 is 25.0. The van der Waals surface area contributed by atoms with Crippen molar-refractivity contribution in [2.45, 2.75) is 33.1 Å². The van der Waals surface area contributed by atoms with Gasteiger partial charge in [0.05, 0.1) is 25.2 Å². The van der Waals surface area contributed by atoms with Crippen LogP contribution in [0, 0.1) is 17.7 Å². The van der Waals surface area contributed by atoms with Crippen LogP contribution in [-0.4, -0.2) is 31.4 Å². The lowest BCUT2D eigenvalue weighted by atomic mass is 9.69. The van der Waals surface area contributed by atoms with Crippen molar-refractivity contribution in [2.24, 2.45) is 11.8 Å². The summed E-state index contributed by atoms with van der Waals surface area (Å²) in [6.45, 7) is 5.20. The lowest BCUT2D eigenvalue weighted by Gasteiger charge is -2.38. The van der Waals surface area contributed by atoms with E-state index in [0.29, 0.717) is 17.8 Å². The van der Waals surface area contributed by atoms with Crippen LogP contribution in [0.4, 0.5) is 4.39 Å². The number of benzene rings is 1. The predicted molar refractivity (Wildman–Crippen MR) is 108 cm³/mol. The van der Waals surface area contributed by atoms with Crippen molar-refractivity contribution in [3.05, 3.63) is 57.1 Å². The summed E-state index contributed by atoms with van der Waals surface area (Å²) in [6, 6.07) is 4.16. The second-order valence-corrected chi connectivity index (χ2v) is 7.80. The van der Waals surface area contributed by atoms with Gasteiger partial charge in [0, 0.05) is 27.6 Å². The lowest BCUT2D eigenvalue weighted by molar-refractivity contribution is -0.151. The summed E-state index contributed by atoms with van der Waals surface area (Å²) in [5.41, 5.74) is 1.23. The number of carbonyl (C=O) groups excluding carboxylic acids is 3. The van der Waals surface area contributed by atoms with Crippen LogP contribution in [0.3, 0.4) is 0 Å². The number of esters is 2. The van der Waals surface area contributed by atoms with Gasteiger partial charge in [0.25, 0.3) is 0 Å². The summed E-state index contributed by atoms with van der Waals surface area (Å²) in [5, 5.41) is 3.18. The second-order valence-electron chi connectivity index (χ2n) is 7.39. The number of halogens is 2. The highest BCUT2D eigenvalue weighted by Gasteiger charge is 2.48. The summed E-state index contributed by atoms with van der Waals surface area (Å²) >= 11 is 6.33. The largest absolute Gasteiger partial charge is 0.468 e. The van der Waals surface area contributed by atoms with Crippen LogP contribution in [0.15, 0.2) is 40.7 Å². The molecule has 1 aliphatic carbocycles. The molecule has 1 N–H and O–H groups in total. The van der Waals surface area contributed by atoms with E-state index < -0.39 is 35.4 Å². The van der Waals surface area contributed by atoms with Gasteiger partial charge >= 0.3 is 11.9 Å². The van der Waals surface area contributed by atoms with E-state index in [9.17, 15) is 18.8 Å². The van der Waals surface area contributed by atoms with E-state index in [1.807, 2.05) is 0 Å². The van der Waals surface area contributed by atoms with Crippen molar-refractivity contribution in [1.29, 1.82) is 0 Å². The van der Waals surface area contributed by atoms with Crippen LogP contribution < -0.4 is 5.32 Å². The number of nitrogens with one attached hydrogen (secondary N) is 1. The Kier molecular flexibility index (Phi) is 6.31. The number of allylic oxidation sites excluding steroid dienone is 3. The van der Waals surface area contributed by atoms with Gasteiger partial charge in [-0.15, -0.1) is 0 Å². The molecule has 0 amide bonds. The third kappa shape index (κ3) is 3.62. The molecule has 0 unspecified atom stereocenters. The number of methoxy groups -OCH3 is 1. The van der Waals surface area contributed by atoms with Crippen LogP contribution in [-0.2, 0) is 23.9 Å². The van der Waals surface area contributed by atoms with Gasteiger partial charge in [-0.3, -0.25) is 9.59 Å². The van der Waals surface area contributed by atoms with Crippen molar-refractivity contribution in [2.75, 3.05) is 13.7 Å². The number of hydrogen-bond acceptors (Lipinski definition) is 6.